The molecule has 0 aliphatic heterocycles. The highest BCUT2D eigenvalue weighted by atomic mass is 79.9. The largest absolute Gasteiger partial charge is 0.342 e. The molecule has 0 radical (unpaired) electrons. The van der Waals surface area contributed by atoms with Gasteiger partial charge in [-0.25, -0.2) is 4.98 Å². The number of nitro groups is 1. The first-order chi connectivity index (χ1) is 8.97. The molecule has 2 rings (SSSR count). The standard InChI is InChI=1S/C11H7BrClN3O3/c12-8-5-15(6-9(11(8)17)16(18)19)4-7-1-2-14-10(13)3-7/h1-3,5-6H,4H2. The van der Waals surface area contributed by atoms with Gasteiger partial charge in [0.05, 0.1) is 15.6 Å². The number of aromatic nitrogens is 2. The molecule has 0 saturated heterocycles. The maximum absolute atomic E-state index is 11.5. The highest BCUT2D eigenvalue weighted by molar-refractivity contribution is 9.10. The van der Waals surface area contributed by atoms with E-state index in [1.54, 1.807) is 18.3 Å². The number of hydrogen-bond acceptors (Lipinski definition) is 4. The lowest BCUT2D eigenvalue weighted by atomic mass is 10.2. The van der Waals surface area contributed by atoms with Gasteiger partial charge in [-0.2, -0.15) is 0 Å². The van der Waals surface area contributed by atoms with Crippen molar-refractivity contribution in [2.24, 2.45) is 0 Å². The lowest BCUT2D eigenvalue weighted by molar-refractivity contribution is -0.386. The molecule has 0 spiro atoms. The Morgan fingerprint density at radius 1 is 1.47 bits per heavy atom. The molecule has 0 aromatic carbocycles. The minimum Gasteiger partial charge on any atom is -0.342 e. The zero-order valence-electron chi connectivity index (χ0n) is 9.42. The molecule has 6 nitrogen and oxygen atoms in total. The van der Waals surface area contributed by atoms with Crippen LogP contribution in [0.25, 0.3) is 0 Å². The van der Waals surface area contributed by atoms with Crippen LogP contribution in [0.4, 0.5) is 5.69 Å². The number of nitrogens with zero attached hydrogens (tertiary/aromatic N) is 3. The average Bonchev–Trinajstić information content (AvgIpc) is 2.33. The minimum absolute atomic E-state index is 0.141. The molecule has 0 unspecified atom stereocenters. The molecule has 0 saturated carbocycles. The Hall–Kier alpha value is -1.73. The quantitative estimate of drug-likeness (QED) is 0.487. The summed E-state index contributed by atoms with van der Waals surface area (Å²) in [7, 11) is 0. The maximum atomic E-state index is 11.5. The zero-order chi connectivity index (χ0) is 14.0. The van der Waals surface area contributed by atoms with E-state index in [-0.39, 0.29) is 4.47 Å². The van der Waals surface area contributed by atoms with Crippen molar-refractivity contribution in [2.75, 3.05) is 0 Å². The number of rotatable bonds is 3. The first-order valence-corrected chi connectivity index (χ1v) is 6.29. The van der Waals surface area contributed by atoms with Crippen molar-refractivity contribution in [3.8, 4) is 0 Å². The van der Waals surface area contributed by atoms with E-state index in [4.69, 9.17) is 11.6 Å². The van der Waals surface area contributed by atoms with Crippen LogP contribution in [0.2, 0.25) is 5.15 Å². The van der Waals surface area contributed by atoms with Crippen molar-refractivity contribution in [3.05, 3.63) is 66.3 Å². The van der Waals surface area contributed by atoms with E-state index in [2.05, 4.69) is 20.9 Å². The van der Waals surface area contributed by atoms with Crippen molar-refractivity contribution in [2.45, 2.75) is 6.54 Å². The van der Waals surface area contributed by atoms with Crippen molar-refractivity contribution in [1.29, 1.82) is 0 Å². The van der Waals surface area contributed by atoms with Gasteiger partial charge in [-0.05, 0) is 33.6 Å². The van der Waals surface area contributed by atoms with Crippen molar-refractivity contribution in [3.63, 3.8) is 0 Å². The third-order valence-corrected chi connectivity index (χ3v) is 3.14. The number of pyridine rings is 2. The summed E-state index contributed by atoms with van der Waals surface area (Å²) >= 11 is 8.78. The molecule has 98 valence electrons. The number of halogens is 2. The molecule has 8 heteroatoms. The molecule has 2 aromatic heterocycles. The Balaban J connectivity index is 2.41. The summed E-state index contributed by atoms with van der Waals surface area (Å²) in [5, 5.41) is 11.1. The summed E-state index contributed by atoms with van der Waals surface area (Å²) < 4.78 is 1.68. The van der Waals surface area contributed by atoms with Crippen LogP contribution >= 0.6 is 27.5 Å². The third-order valence-electron chi connectivity index (χ3n) is 2.37. The first-order valence-electron chi connectivity index (χ1n) is 5.12. The van der Waals surface area contributed by atoms with Crippen LogP contribution in [-0.4, -0.2) is 14.5 Å². The van der Waals surface area contributed by atoms with E-state index >= 15 is 0 Å². The molecule has 0 N–H and O–H groups in total. The van der Waals surface area contributed by atoms with Crippen LogP contribution in [0.3, 0.4) is 0 Å². The smallest absolute Gasteiger partial charge is 0.333 e. The fourth-order valence-electron chi connectivity index (χ4n) is 1.55. The van der Waals surface area contributed by atoms with Gasteiger partial charge in [0.25, 0.3) is 5.43 Å². The van der Waals surface area contributed by atoms with Gasteiger partial charge in [0.15, 0.2) is 0 Å². The average molecular weight is 345 g/mol. The van der Waals surface area contributed by atoms with Gasteiger partial charge in [0, 0.05) is 18.9 Å². The van der Waals surface area contributed by atoms with Gasteiger partial charge in [0.2, 0.25) is 0 Å². The van der Waals surface area contributed by atoms with E-state index in [0.717, 1.165) is 5.56 Å². The Morgan fingerprint density at radius 3 is 2.84 bits per heavy atom. The van der Waals surface area contributed by atoms with E-state index in [1.807, 2.05) is 0 Å². The lowest BCUT2D eigenvalue weighted by Crippen LogP contribution is -2.13. The van der Waals surface area contributed by atoms with Gasteiger partial charge in [-0.1, -0.05) is 11.6 Å². The molecular weight excluding hydrogens is 337 g/mol. The molecule has 19 heavy (non-hydrogen) atoms. The minimum atomic E-state index is -0.705. The highest BCUT2D eigenvalue weighted by Gasteiger charge is 2.15. The molecule has 0 fully saturated rings. The predicted molar refractivity (Wildman–Crippen MR) is 73.4 cm³/mol. The van der Waals surface area contributed by atoms with E-state index in [0.29, 0.717) is 11.7 Å². The maximum Gasteiger partial charge on any atom is 0.333 e. The molecule has 0 amide bonds. The second-order valence-corrected chi connectivity index (χ2v) is 4.98. The van der Waals surface area contributed by atoms with Crippen molar-refractivity contribution >= 4 is 33.2 Å². The summed E-state index contributed by atoms with van der Waals surface area (Å²) in [6.07, 6.45) is 4.23. The zero-order valence-corrected chi connectivity index (χ0v) is 11.8. The van der Waals surface area contributed by atoms with Gasteiger partial charge >= 0.3 is 5.69 Å². The monoisotopic (exact) mass is 343 g/mol. The van der Waals surface area contributed by atoms with Gasteiger partial charge in [-0.15, -0.1) is 0 Å². The predicted octanol–water partition coefficient (Wildman–Crippen LogP) is 2.62. The van der Waals surface area contributed by atoms with E-state index in [1.165, 1.54) is 17.0 Å². The second kappa shape index (κ2) is 5.50. The Labute approximate surface area is 120 Å². The van der Waals surface area contributed by atoms with Crippen molar-refractivity contribution in [1.82, 2.24) is 9.55 Å². The Bertz CT molecular complexity index is 702. The van der Waals surface area contributed by atoms with Crippen LogP contribution < -0.4 is 5.43 Å². The van der Waals surface area contributed by atoms with Crippen LogP contribution in [0.5, 0.6) is 0 Å². The SMILES string of the molecule is O=c1c(Br)cn(Cc2ccnc(Cl)c2)cc1[N+](=O)[O-]. The molecule has 0 aliphatic rings. The summed E-state index contributed by atoms with van der Waals surface area (Å²) in [4.78, 5) is 25.5. The topological polar surface area (TPSA) is 78.0 Å². The lowest BCUT2D eigenvalue weighted by Gasteiger charge is -2.07. The Morgan fingerprint density at radius 2 is 2.21 bits per heavy atom. The normalized spacial score (nSPS) is 10.4. The van der Waals surface area contributed by atoms with E-state index in [9.17, 15) is 14.9 Å². The first kappa shape index (κ1) is 13.7. The van der Waals surface area contributed by atoms with Crippen LogP contribution in [0.15, 0.2) is 40.0 Å². The third kappa shape index (κ3) is 3.18. The van der Waals surface area contributed by atoms with Crippen molar-refractivity contribution < 1.29 is 4.92 Å². The molecule has 2 aromatic rings. The summed E-state index contributed by atoms with van der Waals surface area (Å²) in [6, 6.07) is 3.39. The van der Waals surface area contributed by atoms with Gasteiger partial charge in [-0.3, -0.25) is 14.9 Å². The van der Waals surface area contributed by atoms with Crippen LogP contribution in [0.1, 0.15) is 5.56 Å². The molecular formula is C11H7BrClN3O3. The summed E-state index contributed by atoms with van der Waals surface area (Å²) in [5.74, 6) is 0. The second-order valence-electron chi connectivity index (χ2n) is 3.74. The summed E-state index contributed by atoms with van der Waals surface area (Å²) in [6.45, 7) is 0.349. The fourth-order valence-corrected chi connectivity index (χ4v) is 2.22. The fraction of sp³-hybridized carbons (Fsp3) is 0.0909. The van der Waals surface area contributed by atoms with Crippen LogP contribution in [0, 0.1) is 10.1 Å². The highest BCUT2D eigenvalue weighted by Crippen LogP contribution is 2.14. The van der Waals surface area contributed by atoms with Gasteiger partial charge < -0.3 is 4.57 Å². The summed E-state index contributed by atoms with van der Waals surface area (Å²) in [5.41, 5.74) is -0.298. The molecule has 2 heterocycles. The number of hydrogen-bond donors (Lipinski definition) is 0. The van der Waals surface area contributed by atoms with Crippen LogP contribution in [-0.2, 0) is 6.54 Å². The van der Waals surface area contributed by atoms with Gasteiger partial charge in [0.1, 0.15) is 5.15 Å². The molecule has 0 atom stereocenters. The Kier molecular flexibility index (Phi) is 3.96. The van der Waals surface area contributed by atoms with E-state index < -0.39 is 16.0 Å². The molecule has 0 bridgehead atoms. The molecule has 0 aliphatic carbocycles.